The first-order valence-corrected chi connectivity index (χ1v) is 8.94. The Bertz CT molecular complexity index is 1010. The number of rotatable bonds is 6. The van der Waals surface area contributed by atoms with Gasteiger partial charge in [0.1, 0.15) is 5.76 Å². The summed E-state index contributed by atoms with van der Waals surface area (Å²) < 4.78 is 5.07. The van der Waals surface area contributed by atoms with E-state index < -0.39 is 28.4 Å². The van der Waals surface area contributed by atoms with Crippen LogP contribution in [0, 0.1) is 17.0 Å². The monoisotopic (exact) mass is 396 g/mol. The molecule has 1 atom stereocenters. The summed E-state index contributed by atoms with van der Waals surface area (Å²) in [6.45, 7) is 2.22. The van der Waals surface area contributed by atoms with Gasteiger partial charge in [0.05, 0.1) is 23.1 Å². The van der Waals surface area contributed by atoms with Crippen LogP contribution in [0.15, 0.2) is 54.1 Å². The summed E-state index contributed by atoms with van der Waals surface area (Å²) in [4.78, 5) is 37.4. The van der Waals surface area contributed by atoms with Crippen LogP contribution < -0.4 is 0 Å². The fourth-order valence-corrected chi connectivity index (χ4v) is 3.44. The number of hydrogen-bond donors (Lipinski definition) is 1. The average molecular weight is 396 g/mol. The summed E-state index contributed by atoms with van der Waals surface area (Å²) in [5.74, 6) is -2.03. The van der Waals surface area contributed by atoms with Gasteiger partial charge in [0, 0.05) is 31.4 Å². The molecular weight excluding hydrogens is 376 g/mol. The van der Waals surface area contributed by atoms with Crippen molar-refractivity contribution in [3.8, 4) is 0 Å². The minimum atomic E-state index is -0.835. The van der Waals surface area contributed by atoms with Crippen LogP contribution in [0.4, 0.5) is 5.69 Å². The Morgan fingerprint density at radius 1 is 1.21 bits per heavy atom. The minimum absolute atomic E-state index is 0.0964. The number of amides is 1. The number of methoxy groups -OCH3 is 1. The number of benzene rings is 2. The topological polar surface area (TPSA) is 110 Å². The van der Waals surface area contributed by atoms with E-state index in [2.05, 4.69) is 0 Å². The Balaban J connectivity index is 2.20. The first-order chi connectivity index (χ1) is 13.9. The molecule has 0 aromatic heterocycles. The Morgan fingerprint density at radius 2 is 1.93 bits per heavy atom. The molecule has 3 rings (SSSR count). The number of aliphatic hydroxyl groups is 1. The van der Waals surface area contributed by atoms with Gasteiger partial charge in [-0.15, -0.1) is 0 Å². The predicted octanol–water partition coefficient (Wildman–Crippen LogP) is 2.97. The number of nitrogens with zero attached hydrogens (tertiary/aromatic N) is 2. The largest absolute Gasteiger partial charge is 0.507 e. The zero-order chi connectivity index (χ0) is 21.1. The lowest BCUT2D eigenvalue weighted by molar-refractivity contribution is -0.384. The lowest BCUT2D eigenvalue weighted by Gasteiger charge is -2.26. The van der Waals surface area contributed by atoms with E-state index in [1.807, 2.05) is 19.1 Å². The van der Waals surface area contributed by atoms with Gasteiger partial charge in [-0.1, -0.05) is 36.4 Å². The van der Waals surface area contributed by atoms with Gasteiger partial charge in [0.15, 0.2) is 0 Å². The summed E-state index contributed by atoms with van der Waals surface area (Å²) >= 11 is 0. The number of ether oxygens (including phenoxy) is 1. The molecular formula is C21H20N2O6. The predicted molar refractivity (Wildman–Crippen MR) is 105 cm³/mol. The molecule has 1 fully saturated rings. The Labute approximate surface area is 167 Å². The van der Waals surface area contributed by atoms with Crippen molar-refractivity contribution in [3.05, 3.63) is 80.9 Å². The molecule has 8 nitrogen and oxygen atoms in total. The lowest BCUT2D eigenvalue weighted by atomic mass is 9.92. The Morgan fingerprint density at radius 3 is 2.59 bits per heavy atom. The summed E-state index contributed by atoms with van der Waals surface area (Å²) in [6.07, 6.45) is 0. The van der Waals surface area contributed by atoms with E-state index in [-0.39, 0.29) is 30.0 Å². The third-order valence-corrected chi connectivity index (χ3v) is 4.89. The minimum Gasteiger partial charge on any atom is -0.507 e. The number of likely N-dealkylation sites (tertiary alicyclic amines) is 1. The first-order valence-electron chi connectivity index (χ1n) is 8.94. The van der Waals surface area contributed by atoms with Crippen molar-refractivity contribution in [2.24, 2.45) is 0 Å². The molecule has 0 spiro atoms. The van der Waals surface area contributed by atoms with Crippen molar-refractivity contribution in [2.45, 2.75) is 13.0 Å². The highest BCUT2D eigenvalue weighted by molar-refractivity contribution is 6.46. The van der Waals surface area contributed by atoms with E-state index in [4.69, 9.17) is 4.74 Å². The second-order valence-electron chi connectivity index (χ2n) is 6.65. The number of carbonyl (C=O) groups is 2. The molecule has 0 radical (unpaired) electrons. The van der Waals surface area contributed by atoms with Crippen molar-refractivity contribution in [2.75, 3.05) is 20.3 Å². The number of nitro groups is 1. The van der Waals surface area contributed by atoms with Crippen LogP contribution in [0.2, 0.25) is 0 Å². The summed E-state index contributed by atoms with van der Waals surface area (Å²) in [5, 5.41) is 22.0. The van der Waals surface area contributed by atoms with Crippen molar-refractivity contribution >= 4 is 23.1 Å². The SMILES string of the molecule is COCCN1C(=O)C(=O)/C(=C(/O)c2cccc([N+](=O)[O-])c2)C1c1ccccc1C. The van der Waals surface area contributed by atoms with E-state index in [0.29, 0.717) is 5.56 Å². The molecule has 150 valence electrons. The van der Waals surface area contributed by atoms with Crippen molar-refractivity contribution in [1.82, 2.24) is 4.90 Å². The third kappa shape index (κ3) is 3.74. The number of non-ortho nitro benzene ring substituents is 1. The average Bonchev–Trinajstić information content (AvgIpc) is 2.96. The van der Waals surface area contributed by atoms with Crippen molar-refractivity contribution in [3.63, 3.8) is 0 Å². The van der Waals surface area contributed by atoms with Gasteiger partial charge in [-0.05, 0) is 18.1 Å². The molecule has 1 aliphatic rings. The van der Waals surface area contributed by atoms with Crippen LogP contribution in [-0.4, -0.2) is 46.9 Å². The van der Waals surface area contributed by atoms with Crippen LogP contribution >= 0.6 is 0 Å². The number of carbonyl (C=O) groups excluding carboxylic acids is 2. The van der Waals surface area contributed by atoms with E-state index in [0.717, 1.165) is 5.56 Å². The van der Waals surface area contributed by atoms with Crippen molar-refractivity contribution in [1.29, 1.82) is 0 Å². The molecule has 8 heteroatoms. The summed E-state index contributed by atoms with van der Waals surface area (Å²) in [7, 11) is 1.49. The Kier molecular flexibility index (Phi) is 5.74. The van der Waals surface area contributed by atoms with E-state index in [1.165, 1.54) is 36.3 Å². The second kappa shape index (κ2) is 8.24. The molecule has 0 bridgehead atoms. The van der Waals surface area contributed by atoms with Gasteiger partial charge < -0.3 is 14.7 Å². The normalized spacial score (nSPS) is 18.3. The second-order valence-corrected chi connectivity index (χ2v) is 6.65. The highest BCUT2D eigenvalue weighted by Gasteiger charge is 2.46. The number of aliphatic hydroxyl groups excluding tert-OH is 1. The van der Waals surface area contributed by atoms with Crippen LogP contribution in [0.5, 0.6) is 0 Å². The van der Waals surface area contributed by atoms with E-state index in [1.54, 1.807) is 12.1 Å². The smallest absolute Gasteiger partial charge is 0.295 e. The molecule has 29 heavy (non-hydrogen) atoms. The van der Waals surface area contributed by atoms with Gasteiger partial charge in [0.25, 0.3) is 17.4 Å². The summed E-state index contributed by atoms with van der Waals surface area (Å²) in [6, 6.07) is 11.8. The number of aryl methyl sites for hydroxylation is 1. The Hall–Kier alpha value is -3.52. The molecule has 1 N–H and O–H groups in total. The van der Waals surface area contributed by atoms with Crippen LogP contribution in [0.25, 0.3) is 5.76 Å². The zero-order valence-electron chi connectivity index (χ0n) is 16.0. The van der Waals surface area contributed by atoms with Gasteiger partial charge in [-0.3, -0.25) is 19.7 Å². The summed E-state index contributed by atoms with van der Waals surface area (Å²) in [5.41, 5.74) is 1.31. The molecule has 2 aromatic carbocycles. The maximum atomic E-state index is 12.8. The maximum absolute atomic E-state index is 12.8. The number of hydrogen-bond acceptors (Lipinski definition) is 6. The molecule has 0 aliphatic carbocycles. The maximum Gasteiger partial charge on any atom is 0.295 e. The fourth-order valence-electron chi connectivity index (χ4n) is 3.44. The molecule has 1 unspecified atom stereocenters. The van der Waals surface area contributed by atoms with Crippen LogP contribution in [0.3, 0.4) is 0 Å². The van der Waals surface area contributed by atoms with Gasteiger partial charge in [-0.25, -0.2) is 0 Å². The molecule has 1 saturated heterocycles. The molecule has 1 aliphatic heterocycles. The lowest BCUT2D eigenvalue weighted by Crippen LogP contribution is -2.32. The number of ketones is 1. The van der Waals surface area contributed by atoms with Gasteiger partial charge in [0.2, 0.25) is 0 Å². The number of nitro benzene ring substituents is 1. The molecule has 2 aromatic rings. The first kappa shape index (κ1) is 20.2. The van der Waals surface area contributed by atoms with Gasteiger partial charge in [-0.2, -0.15) is 0 Å². The highest BCUT2D eigenvalue weighted by atomic mass is 16.6. The highest BCUT2D eigenvalue weighted by Crippen LogP contribution is 2.40. The van der Waals surface area contributed by atoms with Crippen LogP contribution in [-0.2, 0) is 14.3 Å². The number of Topliss-reactive ketones (excluding diaryl/α,β-unsaturated/α-hetero) is 1. The molecule has 1 amide bonds. The molecule has 1 heterocycles. The van der Waals surface area contributed by atoms with Gasteiger partial charge >= 0.3 is 0 Å². The third-order valence-electron chi connectivity index (χ3n) is 4.89. The molecule has 0 saturated carbocycles. The van der Waals surface area contributed by atoms with Crippen LogP contribution in [0.1, 0.15) is 22.7 Å². The standard InChI is InChI=1S/C21H20N2O6/c1-13-6-3-4-9-16(13)18-17(20(25)21(26)22(18)10-11-29-2)19(24)14-7-5-8-15(12-14)23(27)28/h3-9,12,18,24H,10-11H2,1-2H3/b19-17+. The zero-order valence-corrected chi connectivity index (χ0v) is 16.0. The fraction of sp³-hybridized carbons (Fsp3) is 0.238. The van der Waals surface area contributed by atoms with Crippen molar-refractivity contribution < 1.29 is 24.4 Å². The van der Waals surface area contributed by atoms with E-state index >= 15 is 0 Å². The van der Waals surface area contributed by atoms with E-state index in [9.17, 15) is 24.8 Å². The quantitative estimate of drug-likeness (QED) is 0.264.